The molecule has 7 heteroatoms. The monoisotopic (exact) mass is 483 g/mol. The van der Waals surface area contributed by atoms with E-state index >= 15 is 0 Å². The fourth-order valence-corrected chi connectivity index (χ4v) is 4.93. The third-order valence-electron chi connectivity index (χ3n) is 5.82. The van der Waals surface area contributed by atoms with Crippen molar-refractivity contribution in [2.45, 2.75) is 26.4 Å². The number of hydrogen-bond donors (Lipinski definition) is 1. The van der Waals surface area contributed by atoms with E-state index in [1.54, 1.807) is 18.3 Å². The largest absolute Gasteiger partial charge is 0.479 e. The van der Waals surface area contributed by atoms with E-state index in [1.807, 2.05) is 73.0 Å². The highest BCUT2D eigenvalue weighted by atomic mass is 32.1. The van der Waals surface area contributed by atoms with Crippen LogP contribution in [0.1, 0.15) is 23.1 Å². The Bertz CT molecular complexity index is 1380. The van der Waals surface area contributed by atoms with Gasteiger partial charge in [-0.25, -0.2) is 4.98 Å². The van der Waals surface area contributed by atoms with Gasteiger partial charge in [-0.15, -0.1) is 11.3 Å². The van der Waals surface area contributed by atoms with Crippen LogP contribution in [-0.2, 0) is 16.0 Å². The summed E-state index contributed by atoms with van der Waals surface area (Å²) >= 11 is 1.60. The summed E-state index contributed by atoms with van der Waals surface area (Å²) in [7, 11) is 0. The number of aryl methyl sites for hydroxylation is 1. The molecule has 1 aliphatic heterocycles. The van der Waals surface area contributed by atoms with Gasteiger partial charge in [0, 0.05) is 23.1 Å². The number of carbonyl (C=O) groups is 2. The fourth-order valence-electron chi connectivity index (χ4n) is 4.09. The number of nitrogens with one attached hydrogen (secondary N) is 1. The van der Waals surface area contributed by atoms with Gasteiger partial charge < -0.3 is 10.1 Å². The van der Waals surface area contributed by atoms with Gasteiger partial charge in [-0.1, -0.05) is 42.5 Å². The Morgan fingerprint density at radius 1 is 1.09 bits per heavy atom. The summed E-state index contributed by atoms with van der Waals surface area (Å²) in [6.07, 6.45) is 0.0951. The summed E-state index contributed by atoms with van der Waals surface area (Å²) in [6, 6.07) is 23.4. The molecule has 2 heterocycles. The van der Waals surface area contributed by atoms with Gasteiger partial charge in [0.1, 0.15) is 12.3 Å². The van der Waals surface area contributed by atoms with Gasteiger partial charge in [0.15, 0.2) is 6.10 Å². The highest BCUT2D eigenvalue weighted by Crippen LogP contribution is 2.38. The first-order valence-electron chi connectivity index (χ1n) is 11.4. The van der Waals surface area contributed by atoms with Crippen LogP contribution in [0.15, 0.2) is 78.2 Å². The predicted octanol–water partition coefficient (Wildman–Crippen LogP) is 5.46. The Balaban J connectivity index is 1.39. The molecule has 0 saturated carbocycles. The number of aromatic nitrogens is 1. The molecule has 2 amide bonds. The first-order valence-corrected chi connectivity index (χ1v) is 12.3. The van der Waals surface area contributed by atoms with E-state index in [1.165, 1.54) is 10.5 Å². The number of amides is 2. The van der Waals surface area contributed by atoms with Crippen molar-refractivity contribution in [1.82, 2.24) is 4.98 Å². The molecule has 5 rings (SSSR count). The molecule has 1 unspecified atom stereocenters. The minimum absolute atomic E-state index is 0.104. The van der Waals surface area contributed by atoms with Gasteiger partial charge in [0.2, 0.25) is 5.91 Å². The number of hydrogen-bond acceptors (Lipinski definition) is 5. The zero-order valence-electron chi connectivity index (χ0n) is 19.5. The molecule has 0 saturated heterocycles. The van der Waals surface area contributed by atoms with Gasteiger partial charge >= 0.3 is 0 Å². The van der Waals surface area contributed by atoms with E-state index in [4.69, 9.17) is 9.72 Å². The normalized spacial score (nSPS) is 14.9. The van der Waals surface area contributed by atoms with Crippen molar-refractivity contribution in [3.63, 3.8) is 0 Å². The van der Waals surface area contributed by atoms with E-state index < -0.39 is 6.10 Å². The summed E-state index contributed by atoms with van der Waals surface area (Å²) < 4.78 is 5.82. The molecule has 0 radical (unpaired) electrons. The number of ether oxygens (including phenoxy) is 1. The average Bonchev–Trinajstić information content (AvgIpc) is 3.31. The third kappa shape index (κ3) is 5.10. The fraction of sp³-hybridized carbons (Fsp3) is 0.179. The number of anilines is 2. The molecule has 1 atom stereocenters. The van der Waals surface area contributed by atoms with Crippen LogP contribution in [0.5, 0.6) is 5.75 Å². The topological polar surface area (TPSA) is 71.5 Å². The zero-order chi connectivity index (χ0) is 24.4. The first kappa shape index (κ1) is 22.8. The second-order valence-electron chi connectivity index (χ2n) is 8.57. The molecule has 0 bridgehead atoms. The number of rotatable bonds is 6. The molecule has 35 heavy (non-hydrogen) atoms. The number of benzene rings is 3. The second-order valence-corrected chi connectivity index (χ2v) is 9.52. The first-order chi connectivity index (χ1) is 17.0. The second kappa shape index (κ2) is 9.72. The minimum Gasteiger partial charge on any atom is -0.479 e. The maximum absolute atomic E-state index is 13.0. The van der Waals surface area contributed by atoms with E-state index in [2.05, 4.69) is 17.4 Å². The molecule has 0 fully saturated rings. The number of fused-ring (bicyclic) bond motifs is 1. The van der Waals surface area contributed by atoms with Crippen LogP contribution in [0.3, 0.4) is 0 Å². The Hall–Kier alpha value is -3.97. The summed E-state index contributed by atoms with van der Waals surface area (Å²) in [6.45, 7) is 3.55. The van der Waals surface area contributed by atoms with Crippen LogP contribution in [0, 0.1) is 6.92 Å². The molecular weight excluding hydrogens is 458 g/mol. The summed E-state index contributed by atoms with van der Waals surface area (Å²) in [5.74, 6) is 0.0502. The van der Waals surface area contributed by atoms with Gasteiger partial charge in [-0.05, 0) is 55.3 Å². The van der Waals surface area contributed by atoms with Gasteiger partial charge in [-0.3, -0.25) is 14.5 Å². The maximum atomic E-state index is 13.0. The molecule has 6 nitrogen and oxygen atoms in total. The van der Waals surface area contributed by atoms with Crippen molar-refractivity contribution in [2.75, 3.05) is 16.8 Å². The van der Waals surface area contributed by atoms with Crippen molar-refractivity contribution in [3.8, 4) is 17.0 Å². The third-order valence-corrected chi connectivity index (χ3v) is 6.67. The van der Waals surface area contributed by atoms with Crippen molar-refractivity contribution in [2.24, 2.45) is 0 Å². The summed E-state index contributed by atoms with van der Waals surface area (Å²) in [5.41, 5.74) is 5.23. The Morgan fingerprint density at radius 3 is 2.71 bits per heavy atom. The standard InChI is InChI=1S/C28H25N3O3S/c1-18-7-6-10-22(13-18)29-26(32)16-31-24-15-21(11-12-25(24)34-19(2)28(31)33)23-17-35-27(30-23)14-20-8-4-3-5-9-20/h3-13,15,17,19H,14,16H2,1-2H3,(H,29,32). The molecule has 176 valence electrons. The summed E-state index contributed by atoms with van der Waals surface area (Å²) in [5, 5.41) is 5.91. The smallest absolute Gasteiger partial charge is 0.268 e. The van der Waals surface area contributed by atoms with E-state index in [0.717, 1.165) is 28.2 Å². The lowest BCUT2D eigenvalue weighted by atomic mass is 10.1. The van der Waals surface area contributed by atoms with Gasteiger partial charge in [0.25, 0.3) is 5.91 Å². The molecule has 4 aromatic rings. The van der Waals surface area contributed by atoms with Crippen LogP contribution in [-0.4, -0.2) is 29.4 Å². The Morgan fingerprint density at radius 2 is 1.91 bits per heavy atom. The number of nitrogens with zero attached hydrogens (tertiary/aromatic N) is 2. The molecule has 1 aliphatic rings. The highest BCUT2D eigenvalue weighted by Gasteiger charge is 2.33. The number of carbonyl (C=O) groups excluding carboxylic acids is 2. The van der Waals surface area contributed by atoms with E-state index in [9.17, 15) is 9.59 Å². The molecule has 1 N–H and O–H groups in total. The predicted molar refractivity (Wildman–Crippen MR) is 139 cm³/mol. The van der Waals surface area contributed by atoms with Gasteiger partial charge in [0.05, 0.1) is 16.4 Å². The quantitative estimate of drug-likeness (QED) is 0.395. The van der Waals surface area contributed by atoms with Crippen LogP contribution >= 0.6 is 11.3 Å². The zero-order valence-corrected chi connectivity index (χ0v) is 20.3. The van der Waals surface area contributed by atoms with Gasteiger partial charge in [-0.2, -0.15) is 0 Å². The average molecular weight is 484 g/mol. The lowest BCUT2D eigenvalue weighted by Gasteiger charge is -2.32. The molecule has 0 spiro atoms. The van der Waals surface area contributed by atoms with E-state index in [-0.39, 0.29) is 18.4 Å². The SMILES string of the molecule is Cc1cccc(NC(=O)CN2C(=O)C(C)Oc3ccc(-c4csc(Cc5ccccc5)n4)cc32)c1. The van der Waals surface area contributed by atoms with Crippen molar-refractivity contribution in [1.29, 1.82) is 0 Å². The maximum Gasteiger partial charge on any atom is 0.268 e. The van der Waals surface area contributed by atoms with Crippen molar-refractivity contribution >= 4 is 34.5 Å². The highest BCUT2D eigenvalue weighted by molar-refractivity contribution is 7.10. The Labute approximate surface area is 208 Å². The lowest BCUT2D eigenvalue weighted by Crippen LogP contribution is -2.47. The van der Waals surface area contributed by atoms with Crippen molar-refractivity contribution in [3.05, 3.63) is 94.3 Å². The van der Waals surface area contributed by atoms with Crippen molar-refractivity contribution < 1.29 is 14.3 Å². The molecular formula is C28H25N3O3S. The summed E-state index contributed by atoms with van der Waals surface area (Å²) in [4.78, 5) is 32.1. The van der Waals surface area contributed by atoms with Crippen LogP contribution in [0.2, 0.25) is 0 Å². The van der Waals surface area contributed by atoms with Crippen LogP contribution in [0.25, 0.3) is 11.3 Å². The number of thiazole rings is 1. The van der Waals surface area contributed by atoms with E-state index in [0.29, 0.717) is 17.1 Å². The Kier molecular flexibility index (Phi) is 6.33. The molecule has 0 aliphatic carbocycles. The van der Waals surface area contributed by atoms with Crippen LogP contribution < -0.4 is 15.0 Å². The lowest BCUT2D eigenvalue weighted by molar-refractivity contribution is -0.127. The molecule has 3 aromatic carbocycles. The molecule has 1 aromatic heterocycles. The van der Waals surface area contributed by atoms with Crippen LogP contribution in [0.4, 0.5) is 11.4 Å². The minimum atomic E-state index is -0.670.